The van der Waals surface area contributed by atoms with Gasteiger partial charge in [-0.15, -0.1) is 0 Å². The maximum Gasteiger partial charge on any atom is 0.243 e. The Balaban J connectivity index is 1.87. The van der Waals surface area contributed by atoms with E-state index < -0.39 is 10.0 Å². The molecule has 3 rings (SSSR count). The van der Waals surface area contributed by atoms with Gasteiger partial charge in [0.2, 0.25) is 10.0 Å². The lowest BCUT2D eigenvalue weighted by Gasteiger charge is -2.18. The van der Waals surface area contributed by atoms with Crippen LogP contribution in [0.25, 0.3) is 10.8 Å². The number of methoxy groups -OCH3 is 3. The van der Waals surface area contributed by atoms with Crippen LogP contribution in [0.2, 0.25) is 0 Å². The van der Waals surface area contributed by atoms with Gasteiger partial charge in [-0.25, -0.2) is 8.42 Å². The van der Waals surface area contributed by atoms with Crippen LogP contribution in [0.4, 0.5) is 0 Å². The fourth-order valence-corrected chi connectivity index (χ4v) is 4.17. The highest BCUT2D eigenvalue weighted by Crippen LogP contribution is 2.31. The van der Waals surface area contributed by atoms with E-state index in [1.165, 1.54) is 30.7 Å². The summed E-state index contributed by atoms with van der Waals surface area (Å²) in [7, 11) is 2.49. The molecular formula is C21H23NO5S. The van der Waals surface area contributed by atoms with Gasteiger partial charge in [0.15, 0.2) is 11.5 Å². The molecule has 0 saturated carbocycles. The largest absolute Gasteiger partial charge is 0.497 e. The van der Waals surface area contributed by atoms with Crippen molar-refractivity contribution in [2.75, 3.05) is 28.4 Å². The predicted octanol–water partition coefficient (Wildman–Crippen LogP) is 3.69. The van der Waals surface area contributed by atoms with E-state index in [1.54, 1.807) is 20.2 Å². The average molecular weight is 401 g/mol. The molecule has 0 aliphatic carbocycles. The van der Waals surface area contributed by atoms with E-state index in [0.29, 0.717) is 11.5 Å². The molecule has 0 amide bonds. The van der Waals surface area contributed by atoms with Gasteiger partial charge in [0.25, 0.3) is 0 Å². The van der Waals surface area contributed by atoms with Crippen molar-refractivity contribution in [3.63, 3.8) is 0 Å². The first kappa shape index (κ1) is 20.0. The van der Waals surface area contributed by atoms with E-state index in [4.69, 9.17) is 14.2 Å². The number of nitrogens with zero attached hydrogens (tertiary/aromatic N) is 1. The molecule has 0 unspecified atom stereocenters. The molecule has 0 aliphatic heterocycles. The molecule has 0 radical (unpaired) electrons. The van der Waals surface area contributed by atoms with E-state index >= 15 is 0 Å². The number of hydrogen-bond acceptors (Lipinski definition) is 5. The van der Waals surface area contributed by atoms with Crippen LogP contribution in [0, 0.1) is 0 Å². The van der Waals surface area contributed by atoms with Gasteiger partial charge in [-0.3, -0.25) is 0 Å². The summed E-state index contributed by atoms with van der Waals surface area (Å²) in [5.74, 6) is 1.64. The minimum atomic E-state index is -3.68. The van der Waals surface area contributed by atoms with Crippen LogP contribution in [0.15, 0.2) is 59.5 Å². The van der Waals surface area contributed by atoms with Crippen molar-refractivity contribution >= 4 is 20.8 Å². The van der Waals surface area contributed by atoms with Gasteiger partial charge >= 0.3 is 0 Å². The quantitative estimate of drug-likeness (QED) is 0.604. The summed E-state index contributed by atoms with van der Waals surface area (Å²) >= 11 is 0. The van der Waals surface area contributed by atoms with Crippen molar-refractivity contribution in [1.82, 2.24) is 4.31 Å². The van der Waals surface area contributed by atoms with Crippen molar-refractivity contribution in [2.24, 2.45) is 0 Å². The topological polar surface area (TPSA) is 65.1 Å². The summed E-state index contributed by atoms with van der Waals surface area (Å²) in [6.07, 6.45) is 0. The zero-order valence-corrected chi connectivity index (χ0v) is 17.1. The molecule has 0 aromatic heterocycles. The average Bonchev–Trinajstić information content (AvgIpc) is 2.72. The van der Waals surface area contributed by atoms with Crippen molar-refractivity contribution in [3.05, 3.63) is 60.2 Å². The van der Waals surface area contributed by atoms with E-state index in [2.05, 4.69) is 0 Å². The summed E-state index contributed by atoms with van der Waals surface area (Å²) in [5, 5.41) is 2.06. The second-order valence-electron chi connectivity index (χ2n) is 6.33. The van der Waals surface area contributed by atoms with Gasteiger partial charge in [0, 0.05) is 19.7 Å². The third-order valence-corrected chi connectivity index (χ3v) is 6.38. The highest BCUT2D eigenvalue weighted by atomic mass is 32.2. The highest BCUT2D eigenvalue weighted by molar-refractivity contribution is 7.89. The van der Waals surface area contributed by atoms with Crippen molar-refractivity contribution in [2.45, 2.75) is 11.4 Å². The lowest BCUT2D eigenvalue weighted by molar-refractivity contribution is 0.353. The number of hydrogen-bond donors (Lipinski definition) is 0. The minimum absolute atomic E-state index is 0.151. The molecule has 0 fully saturated rings. The Morgan fingerprint density at radius 3 is 2.14 bits per heavy atom. The normalized spacial score (nSPS) is 11.6. The van der Waals surface area contributed by atoms with Crippen LogP contribution in [0.5, 0.6) is 17.2 Å². The SMILES string of the molecule is COc1ccc2cc(CN(C)S(=O)(=O)c3ccc(OC)c(OC)c3)ccc2c1. The number of rotatable bonds is 7. The van der Waals surface area contributed by atoms with Crippen molar-refractivity contribution in [3.8, 4) is 17.2 Å². The predicted molar refractivity (Wildman–Crippen MR) is 109 cm³/mol. The minimum Gasteiger partial charge on any atom is -0.497 e. The van der Waals surface area contributed by atoms with E-state index in [-0.39, 0.29) is 11.4 Å². The summed E-state index contributed by atoms with van der Waals surface area (Å²) in [6, 6.07) is 16.2. The molecule has 0 N–H and O–H groups in total. The number of fused-ring (bicyclic) bond motifs is 1. The number of sulfonamides is 1. The molecule has 7 heteroatoms. The Bertz CT molecular complexity index is 1100. The van der Waals surface area contributed by atoms with Crippen LogP contribution in [-0.2, 0) is 16.6 Å². The Hall–Kier alpha value is -2.77. The van der Waals surface area contributed by atoms with Crippen molar-refractivity contribution < 1.29 is 22.6 Å². The third kappa shape index (κ3) is 3.90. The van der Waals surface area contributed by atoms with Crippen LogP contribution in [-0.4, -0.2) is 41.1 Å². The van der Waals surface area contributed by atoms with Gasteiger partial charge in [-0.1, -0.05) is 18.2 Å². The van der Waals surface area contributed by atoms with Gasteiger partial charge in [-0.05, 0) is 46.7 Å². The second-order valence-corrected chi connectivity index (χ2v) is 8.37. The van der Waals surface area contributed by atoms with Gasteiger partial charge < -0.3 is 14.2 Å². The molecule has 3 aromatic rings. The Morgan fingerprint density at radius 2 is 1.46 bits per heavy atom. The molecule has 0 atom stereocenters. The van der Waals surface area contributed by atoms with Crippen LogP contribution in [0.1, 0.15) is 5.56 Å². The highest BCUT2D eigenvalue weighted by Gasteiger charge is 2.22. The molecule has 0 saturated heterocycles. The van der Waals surface area contributed by atoms with Gasteiger partial charge in [-0.2, -0.15) is 4.31 Å². The number of ether oxygens (including phenoxy) is 3. The lowest BCUT2D eigenvalue weighted by atomic mass is 10.1. The summed E-state index contributed by atoms with van der Waals surface area (Å²) in [6.45, 7) is 0.249. The maximum absolute atomic E-state index is 13.0. The lowest BCUT2D eigenvalue weighted by Crippen LogP contribution is -2.26. The second kappa shape index (κ2) is 8.08. The molecular weight excluding hydrogens is 378 g/mol. The summed E-state index contributed by atoms with van der Waals surface area (Å²) in [4.78, 5) is 0.151. The fourth-order valence-electron chi connectivity index (χ4n) is 3.00. The fraction of sp³-hybridized carbons (Fsp3) is 0.238. The first-order chi connectivity index (χ1) is 13.4. The zero-order chi connectivity index (χ0) is 20.3. The van der Waals surface area contributed by atoms with Gasteiger partial charge in [0.1, 0.15) is 5.75 Å². The molecule has 28 heavy (non-hydrogen) atoms. The monoisotopic (exact) mass is 401 g/mol. The van der Waals surface area contributed by atoms with Crippen LogP contribution < -0.4 is 14.2 Å². The molecule has 3 aromatic carbocycles. The number of benzene rings is 3. The standard InChI is InChI=1S/C21H23NO5S/c1-22(28(23,24)19-9-10-20(26-3)21(13-19)27-4)14-15-5-6-17-12-18(25-2)8-7-16(17)11-15/h5-13H,14H2,1-4H3. The Morgan fingerprint density at radius 1 is 0.786 bits per heavy atom. The first-order valence-corrected chi connectivity index (χ1v) is 10.1. The molecule has 0 aliphatic rings. The van der Waals surface area contributed by atoms with E-state index in [1.807, 2.05) is 36.4 Å². The Labute approximate surface area is 165 Å². The molecule has 0 heterocycles. The molecule has 6 nitrogen and oxygen atoms in total. The Kier molecular flexibility index (Phi) is 5.76. The smallest absolute Gasteiger partial charge is 0.243 e. The molecule has 0 spiro atoms. The van der Waals surface area contributed by atoms with Crippen molar-refractivity contribution in [1.29, 1.82) is 0 Å². The van der Waals surface area contributed by atoms with E-state index in [0.717, 1.165) is 22.1 Å². The molecule has 148 valence electrons. The molecule has 0 bridgehead atoms. The third-order valence-electron chi connectivity index (χ3n) is 4.58. The first-order valence-electron chi connectivity index (χ1n) is 8.64. The zero-order valence-electron chi connectivity index (χ0n) is 16.3. The summed E-state index contributed by atoms with van der Waals surface area (Å²) in [5.41, 5.74) is 0.893. The van der Waals surface area contributed by atoms with Gasteiger partial charge in [0.05, 0.1) is 26.2 Å². The maximum atomic E-state index is 13.0. The van der Waals surface area contributed by atoms with Crippen LogP contribution in [0.3, 0.4) is 0 Å². The van der Waals surface area contributed by atoms with Crippen LogP contribution >= 0.6 is 0 Å². The van der Waals surface area contributed by atoms with E-state index in [9.17, 15) is 8.42 Å². The summed E-state index contributed by atoms with van der Waals surface area (Å²) < 4.78 is 42.9.